The van der Waals surface area contributed by atoms with Crippen molar-refractivity contribution in [3.63, 3.8) is 0 Å². The molecule has 0 bridgehead atoms. The van der Waals surface area contributed by atoms with Crippen LogP contribution in [0.25, 0.3) is 0 Å². The van der Waals surface area contributed by atoms with Crippen LogP contribution < -0.4 is 5.32 Å². The van der Waals surface area contributed by atoms with E-state index < -0.39 is 0 Å². The van der Waals surface area contributed by atoms with Gasteiger partial charge in [0.05, 0.1) is 0 Å². The van der Waals surface area contributed by atoms with Gasteiger partial charge >= 0.3 is 0 Å². The Morgan fingerprint density at radius 3 is 2.17 bits per heavy atom. The Hall–Kier alpha value is -0.0800. The molecule has 0 aliphatic carbocycles. The van der Waals surface area contributed by atoms with Gasteiger partial charge in [0.2, 0.25) is 0 Å². The lowest BCUT2D eigenvalue weighted by atomic mass is 10.3. The van der Waals surface area contributed by atoms with Crippen molar-refractivity contribution in [1.82, 2.24) is 10.2 Å². The van der Waals surface area contributed by atoms with E-state index in [0.29, 0.717) is 6.04 Å². The SMILES string of the molecule is C.CCCN(CCNC)C(C)C. The van der Waals surface area contributed by atoms with E-state index in [1.54, 1.807) is 0 Å². The molecule has 0 spiro atoms. The van der Waals surface area contributed by atoms with Crippen molar-refractivity contribution >= 4 is 0 Å². The predicted molar refractivity (Wildman–Crippen MR) is 57.7 cm³/mol. The second-order valence-electron chi connectivity index (χ2n) is 3.23. The Morgan fingerprint density at radius 1 is 1.25 bits per heavy atom. The zero-order chi connectivity index (χ0) is 8.69. The molecule has 76 valence electrons. The average molecular weight is 174 g/mol. The normalized spacial score (nSPS) is 10.5. The highest BCUT2D eigenvalue weighted by molar-refractivity contribution is 4.62. The smallest absolute Gasteiger partial charge is 0.0109 e. The molecule has 0 aromatic heterocycles. The quantitative estimate of drug-likeness (QED) is 0.662. The van der Waals surface area contributed by atoms with Gasteiger partial charge in [-0.05, 0) is 33.9 Å². The summed E-state index contributed by atoms with van der Waals surface area (Å²) in [5.74, 6) is 0. The van der Waals surface area contributed by atoms with Crippen LogP contribution in [0.2, 0.25) is 0 Å². The van der Waals surface area contributed by atoms with E-state index in [4.69, 9.17) is 0 Å². The van der Waals surface area contributed by atoms with Crippen LogP contribution >= 0.6 is 0 Å². The van der Waals surface area contributed by atoms with Gasteiger partial charge in [-0.1, -0.05) is 14.4 Å². The largest absolute Gasteiger partial charge is 0.318 e. The number of nitrogens with one attached hydrogen (secondary N) is 1. The first-order valence-corrected chi connectivity index (χ1v) is 4.61. The summed E-state index contributed by atoms with van der Waals surface area (Å²) in [6.07, 6.45) is 1.25. The lowest BCUT2D eigenvalue weighted by Gasteiger charge is -2.25. The Morgan fingerprint density at radius 2 is 1.83 bits per heavy atom. The van der Waals surface area contributed by atoms with Gasteiger partial charge in [-0.25, -0.2) is 0 Å². The summed E-state index contributed by atoms with van der Waals surface area (Å²) < 4.78 is 0. The van der Waals surface area contributed by atoms with Gasteiger partial charge in [0, 0.05) is 19.1 Å². The molecular weight excluding hydrogens is 148 g/mol. The highest BCUT2D eigenvalue weighted by Crippen LogP contribution is 1.97. The third-order valence-electron chi connectivity index (χ3n) is 1.89. The van der Waals surface area contributed by atoms with Crippen LogP contribution in [0.1, 0.15) is 34.6 Å². The molecule has 1 N–H and O–H groups in total. The first kappa shape index (κ1) is 14.4. The summed E-state index contributed by atoms with van der Waals surface area (Å²) in [5, 5.41) is 3.17. The van der Waals surface area contributed by atoms with Gasteiger partial charge in [-0.2, -0.15) is 0 Å². The van der Waals surface area contributed by atoms with Crippen LogP contribution in [-0.4, -0.2) is 37.6 Å². The van der Waals surface area contributed by atoms with E-state index in [0.717, 1.165) is 6.54 Å². The second kappa shape index (κ2) is 9.01. The molecule has 0 rings (SSSR count). The topological polar surface area (TPSA) is 15.3 Å². The van der Waals surface area contributed by atoms with E-state index in [1.807, 2.05) is 7.05 Å². The summed E-state index contributed by atoms with van der Waals surface area (Å²) >= 11 is 0. The van der Waals surface area contributed by atoms with Crippen LogP contribution in [0.15, 0.2) is 0 Å². The fourth-order valence-corrected chi connectivity index (χ4v) is 1.17. The van der Waals surface area contributed by atoms with Crippen LogP contribution in [0.5, 0.6) is 0 Å². The molecule has 2 nitrogen and oxygen atoms in total. The molecule has 0 radical (unpaired) electrons. The summed E-state index contributed by atoms with van der Waals surface area (Å²) in [4.78, 5) is 2.50. The average Bonchev–Trinajstić information content (AvgIpc) is 1.97. The van der Waals surface area contributed by atoms with E-state index in [2.05, 4.69) is 31.0 Å². The monoisotopic (exact) mass is 174 g/mol. The van der Waals surface area contributed by atoms with E-state index in [9.17, 15) is 0 Å². The number of rotatable bonds is 6. The summed E-state index contributed by atoms with van der Waals surface area (Å²) in [6.45, 7) is 10.2. The molecule has 0 heterocycles. The van der Waals surface area contributed by atoms with Crippen molar-refractivity contribution in [2.45, 2.75) is 40.7 Å². The highest BCUT2D eigenvalue weighted by atomic mass is 15.2. The standard InChI is InChI=1S/C9H22N2.CH4/c1-5-7-11(9(2)3)8-6-10-4;/h9-10H,5-8H2,1-4H3;1H4. The minimum absolute atomic E-state index is 0. The molecular formula is C10H26N2. The van der Waals surface area contributed by atoms with Crippen molar-refractivity contribution < 1.29 is 0 Å². The molecule has 0 aliphatic rings. The summed E-state index contributed by atoms with van der Waals surface area (Å²) in [6, 6.07) is 0.684. The number of hydrogen-bond acceptors (Lipinski definition) is 2. The van der Waals surface area contributed by atoms with E-state index in [1.165, 1.54) is 19.5 Å². The van der Waals surface area contributed by atoms with Crippen molar-refractivity contribution in [2.24, 2.45) is 0 Å². The zero-order valence-electron chi connectivity index (χ0n) is 8.35. The van der Waals surface area contributed by atoms with Crippen LogP contribution in [0.3, 0.4) is 0 Å². The first-order chi connectivity index (χ1) is 5.22. The Bertz CT molecular complexity index is 81.9. The number of hydrogen-bond donors (Lipinski definition) is 1. The number of likely N-dealkylation sites (N-methyl/N-ethyl adjacent to an activating group) is 1. The van der Waals surface area contributed by atoms with Gasteiger partial charge in [0.25, 0.3) is 0 Å². The minimum Gasteiger partial charge on any atom is -0.318 e. The fourth-order valence-electron chi connectivity index (χ4n) is 1.17. The second-order valence-corrected chi connectivity index (χ2v) is 3.23. The fraction of sp³-hybridized carbons (Fsp3) is 1.00. The molecule has 0 amide bonds. The Balaban J connectivity index is 0. The van der Waals surface area contributed by atoms with Gasteiger partial charge in [-0.3, -0.25) is 4.90 Å². The van der Waals surface area contributed by atoms with Crippen LogP contribution in [0.4, 0.5) is 0 Å². The molecule has 0 aromatic rings. The summed E-state index contributed by atoms with van der Waals surface area (Å²) in [5.41, 5.74) is 0. The van der Waals surface area contributed by atoms with Crippen molar-refractivity contribution in [2.75, 3.05) is 26.7 Å². The molecule has 0 aliphatic heterocycles. The molecule has 0 fully saturated rings. The minimum atomic E-state index is 0. The van der Waals surface area contributed by atoms with Crippen LogP contribution in [-0.2, 0) is 0 Å². The predicted octanol–water partition coefficient (Wildman–Crippen LogP) is 1.96. The van der Waals surface area contributed by atoms with Crippen LogP contribution in [0, 0.1) is 0 Å². The van der Waals surface area contributed by atoms with Gasteiger partial charge in [0.15, 0.2) is 0 Å². The lowest BCUT2D eigenvalue weighted by molar-refractivity contribution is 0.224. The first-order valence-electron chi connectivity index (χ1n) is 4.61. The van der Waals surface area contributed by atoms with Crippen molar-refractivity contribution in [3.8, 4) is 0 Å². The lowest BCUT2D eigenvalue weighted by Crippen LogP contribution is -2.36. The van der Waals surface area contributed by atoms with Gasteiger partial charge in [-0.15, -0.1) is 0 Å². The maximum absolute atomic E-state index is 3.17. The molecule has 0 unspecified atom stereocenters. The van der Waals surface area contributed by atoms with E-state index >= 15 is 0 Å². The maximum atomic E-state index is 3.17. The number of nitrogens with zero attached hydrogens (tertiary/aromatic N) is 1. The molecule has 0 atom stereocenters. The molecule has 2 heteroatoms. The maximum Gasteiger partial charge on any atom is 0.0109 e. The van der Waals surface area contributed by atoms with Gasteiger partial charge in [0.1, 0.15) is 0 Å². The summed E-state index contributed by atoms with van der Waals surface area (Å²) in [7, 11) is 2.00. The van der Waals surface area contributed by atoms with E-state index in [-0.39, 0.29) is 7.43 Å². The van der Waals surface area contributed by atoms with Gasteiger partial charge < -0.3 is 5.32 Å². The Labute approximate surface area is 78.3 Å². The zero-order valence-corrected chi connectivity index (χ0v) is 8.35. The third kappa shape index (κ3) is 6.62. The molecule has 0 saturated carbocycles. The highest BCUT2D eigenvalue weighted by Gasteiger charge is 2.05. The van der Waals surface area contributed by atoms with Crippen molar-refractivity contribution in [1.29, 1.82) is 0 Å². The van der Waals surface area contributed by atoms with Crippen molar-refractivity contribution in [3.05, 3.63) is 0 Å². The molecule has 0 aromatic carbocycles. The molecule has 0 saturated heterocycles. The Kier molecular flexibility index (Phi) is 10.8. The molecule has 12 heavy (non-hydrogen) atoms. The third-order valence-corrected chi connectivity index (χ3v) is 1.89.